The molecule has 3 atom stereocenters. The number of piperidine rings is 2. The number of likely N-dealkylation sites (tertiary alicyclic amines) is 2. The number of amides is 2. The molecule has 5 heteroatoms. The van der Waals surface area contributed by atoms with E-state index in [1.165, 1.54) is 0 Å². The maximum Gasteiger partial charge on any atom is 0.326 e. The van der Waals surface area contributed by atoms with Gasteiger partial charge in [-0.2, -0.15) is 0 Å². The monoisotopic (exact) mass is 268 g/mol. The first-order valence-corrected chi connectivity index (χ1v) is 7.30. The summed E-state index contributed by atoms with van der Waals surface area (Å²) in [6.07, 6.45) is 4.42. The summed E-state index contributed by atoms with van der Waals surface area (Å²) in [7, 11) is 0. The van der Waals surface area contributed by atoms with E-state index in [9.17, 15) is 14.7 Å². The second-order valence-electron chi connectivity index (χ2n) is 6.00. The van der Waals surface area contributed by atoms with Gasteiger partial charge in [-0.25, -0.2) is 9.59 Å². The third kappa shape index (κ3) is 3.01. The number of carboxylic acid groups (broad SMARTS) is 1. The van der Waals surface area contributed by atoms with E-state index in [-0.39, 0.29) is 12.1 Å². The summed E-state index contributed by atoms with van der Waals surface area (Å²) in [5.74, 6) is -0.221. The highest BCUT2D eigenvalue weighted by molar-refractivity contribution is 5.83. The Morgan fingerprint density at radius 1 is 1.05 bits per heavy atom. The number of hydrogen-bond acceptors (Lipinski definition) is 2. The highest BCUT2D eigenvalue weighted by atomic mass is 16.4. The minimum Gasteiger partial charge on any atom is -0.480 e. The summed E-state index contributed by atoms with van der Waals surface area (Å²) >= 11 is 0. The number of aliphatic carboxylic acids is 1. The topological polar surface area (TPSA) is 60.9 Å². The summed E-state index contributed by atoms with van der Waals surface area (Å²) in [6.45, 7) is 5.60. The molecule has 0 spiro atoms. The number of carbonyl (C=O) groups excluding carboxylic acids is 1. The van der Waals surface area contributed by atoms with Crippen LogP contribution in [0.15, 0.2) is 0 Å². The van der Waals surface area contributed by atoms with Gasteiger partial charge in [0.05, 0.1) is 0 Å². The second kappa shape index (κ2) is 5.80. The van der Waals surface area contributed by atoms with Crippen molar-refractivity contribution in [1.29, 1.82) is 0 Å². The van der Waals surface area contributed by atoms with Crippen molar-refractivity contribution in [3.8, 4) is 0 Å². The molecule has 0 aliphatic carbocycles. The van der Waals surface area contributed by atoms with E-state index < -0.39 is 12.0 Å². The molecule has 0 bridgehead atoms. The van der Waals surface area contributed by atoms with Crippen molar-refractivity contribution in [2.75, 3.05) is 13.1 Å². The summed E-state index contributed by atoms with van der Waals surface area (Å²) in [4.78, 5) is 27.3. The number of rotatable bonds is 1. The fourth-order valence-corrected chi connectivity index (χ4v) is 3.27. The summed E-state index contributed by atoms with van der Waals surface area (Å²) in [5.41, 5.74) is 0. The van der Waals surface area contributed by atoms with Crippen LogP contribution in [0.3, 0.4) is 0 Å². The van der Waals surface area contributed by atoms with Gasteiger partial charge in [0.1, 0.15) is 6.04 Å². The van der Waals surface area contributed by atoms with Gasteiger partial charge in [0.2, 0.25) is 0 Å². The molecule has 2 aliphatic heterocycles. The first-order chi connectivity index (χ1) is 9.00. The maximum absolute atomic E-state index is 12.6. The molecule has 0 aromatic heterocycles. The molecule has 2 amide bonds. The second-order valence-corrected chi connectivity index (χ2v) is 6.00. The van der Waals surface area contributed by atoms with Crippen LogP contribution in [0.2, 0.25) is 0 Å². The van der Waals surface area contributed by atoms with Crippen molar-refractivity contribution in [3.63, 3.8) is 0 Å². The summed E-state index contributed by atoms with van der Waals surface area (Å²) < 4.78 is 0. The van der Waals surface area contributed by atoms with Crippen molar-refractivity contribution in [1.82, 2.24) is 9.80 Å². The van der Waals surface area contributed by atoms with E-state index in [0.717, 1.165) is 32.2 Å². The number of carboxylic acids is 1. The smallest absolute Gasteiger partial charge is 0.326 e. The number of urea groups is 1. The Hall–Kier alpha value is -1.26. The van der Waals surface area contributed by atoms with Gasteiger partial charge in [-0.05, 0) is 44.9 Å². The zero-order chi connectivity index (χ0) is 14.0. The van der Waals surface area contributed by atoms with E-state index in [1.54, 1.807) is 4.90 Å². The van der Waals surface area contributed by atoms with Crippen molar-refractivity contribution in [3.05, 3.63) is 0 Å². The normalized spacial score (nSPS) is 32.2. The number of hydrogen-bond donors (Lipinski definition) is 1. The zero-order valence-corrected chi connectivity index (χ0v) is 11.8. The molecule has 2 saturated heterocycles. The van der Waals surface area contributed by atoms with Crippen LogP contribution in [-0.4, -0.2) is 52.1 Å². The molecule has 0 aromatic rings. The fourth-order valence-electron chi connectivity index (χ4n) is 3.27. The Balaban J connectivity index is 2.06. The van der Waals surface area contributed by atoms with Gasteiger partial charge >= 0.3 is 12.0 Å². The standard InChI is InChI=1S/C14H24N2O3/c1-10-6-8-15(11(2)9-10)14(19)16-7-4-3-5-12(16)13(17)18/h10-12H,3-9H2,1-2H3,(H,17,18). The molecular weight excluding hydrogens is 244 g/mol. The van der Waals surface area contributed by atoms with Gasteiger partial charge in [0.25, 0.3) is 0 Å². The van der Waals surface area contributed by atoms with Crippen LogP contribution in [0.25, 0.3) is 0 Å². The van der Waals surface area contributed by atoms with Crippen molar-refractivity contribution in [2.45, 2.75) is 58.0 Å². The first-order valence-electron chi connectivity index (χ1n) is 7.30. The van der Waals surface area contributed by atoms with Gasteiger partial charge in [-0.3, -0.25) is 0 Å². The predicted molar refractivity (Wildman–Crippen MR) is 71.9 cm³/mol. The molecular formula is C14H24N2O3. The number of nitrogens with zero attached hydrogens (tertiary/aromatic N) is 2. The lowest BCUT2D eigenvalue weighted by Gasteiger charge is -2.42. The summed E-state index contributed by atoms with van der Waals surface area (Å²) in [6, 6.07) is -0.494. The van der Waals surface area contributed by atoms with Crippen LogP contribution in [0.4, 0.5) is 4.79 Å². The molecule has 19 heavy (non-hydrogen) atoms. The van der Waals surface area contributed by atoms with Gasteiger partial charge in [-0.15, -0.1) is 0 Å². The highest BCUT2D eigenvalue weighted by Crippen LogP contribution is 2.26. The van der Waals surface area contributed by atoms with E-state index in [1.807, 2.05) is 4.90 Å². The van der Waals surface area contributed by atoms with Gasteiger partial charge in [-0.1, -0.05) is 6.92 Å². The molecule has 2 heterocycles. The van der Waals surface area contributed by atoms with Crippen LogP contribution >= 0.6 is 0 Å². The molecule has 5 nitrogen and oxygen atoms in total. The minimum absolute atomic E-state index is 0.0773. The quantitative estimate of drug-likeness (QED) is 0.792. The molecule has 108 valence electrons. The van der Waals surface area contributed by atoms with Crippen LogP contribution in [0.5, 0.6) is 0 Å². The minimum atomic E-state index is -0.869. The van der Waals surface area contributed by atoms with Crippen LogP contribution in [-0.2, 0) is 4.79 Å². The fraction of sp³-hybridized carbons (Fsp3) is 0.857. The molecule has 2 fully saturated rings. The Labute approximate surface area is 114 Å². The van der Waals surface area contributed by atoms with Gasteiger partial charge in [0.15, 0.2) is 0 Å². The third-order valence-corrected chi connectivity index (χ3v) is 4.42. The SMILES string of the molecule is CC1CCN(C(=O)N2CCCCC2C(=O)O)C(C)C1. The zero-order valence-electron chi connectivity index (χ0n) is 11.8. The Bertz CT molecular complexity index is 359. The maximum atomic E-state index is 12.6. The van der Waals surface area contributed by atoms with Crippen LogP contribution < -0.4 is 0 Å². The molecule has 0 aromatic carbocycles. The highest BCUT2D eigenvalue weighted by Gasteiger charge is 2.37. The van der Waals surface area contributed by atoms with Gasteiger partial charge < -0.3 is 14.9 Å². The Morgan fingerprint density at radius 3 is 2.42 bits per heavy atom. The first kappa shape index (κ1) is 14.2. The average Bonchev–Trinajstić information content (AvgIpc) is 2.38. The lowest BCUT2D eigenvalue weighted by Crippen LogP contribution is -2.56. The lowest BCUT2D eigenvalue weighted by molar-refractivity contribution is -0.143. The van der Waals surface area contributed by atoms with Gasteiger partial charge in [0, 0.05) is 19.1 Å². The molecule has 1 N–H and O–H groups in total. The number of carbonyl (C=O) groups is 2. The predicted octanol–water partition coefficient (Wildman–Crippen LogP) is 2.17. The van der Waals surface area contributed by atoms with E-state index in [0.29, 0.717) is 18.9 Å². The van der Waals surface area contributed by atoms with Crippen LogP contribution in [0, 0.1) is 5.92 Å². The van der Waals surface area contributed by atoms with Crippen molar-refractivity contribution < 1.29 is 14.7 Å². The van der Waals surface area contributed by atoms with Crippen LogP contribution in [0.1, 0.15) is 46.0 Å². The van der Waals surface area contributed by atoms with Crippen molar-refractivity contribution >= 4 is 12.0 Å². The molecule has 2 aliphatic rings. The van der Waals surface area contributed by atoms with E-state index in [4.69, 9.17) is 0 Å². The Morgan fingerprint density at radius 2 is 1.79 bits per heavy atom. The largest absolute Gasteiger partial charge is 0.480 e. The molecule has 0 saturated carbocycles. The molecule has 2 rings (SSSR count). The lowest BCUT2D eigenvalue weighted by atomic mass is 9.93. The summed E-state index contributed by atoms with van der Waals surface area (Å²) in [5, 5.41) is 9.25. The molecule has 3 unspecified atom stereocenters. The van der Waals surface area contributed by atoms with Crippen molar-refractivity contribution in [2.24, 2.45) is 5.92 Å². The average molecular weight is 268 g/mol. The van der Waals surface area contributed by atoms with E-state index in [2.05, 4.69) is 13.8 Å². The Kier molecular flexibility index (Phi) is 4.32. The molecule has 0 radical (unpaired) electrons. The van der Waals surface area contributed by atoms with E-state index >= 15 is 0 Å². The third-order valence-electron chi connectivity index (χ3n) is 4.42.